The number of ether oxygens (including phenoxy) is 1. The Labute approximate surface area is 165 Å². The van der Waals surface area contributed by atoms with Gasteiger partial charge >= 0.3 is 0 Å². The number of fused-ring (bicyclic) bond motifs is 1. The number of nitrogens with zero attached hydrogens (tertiary/aromatic N) is 1. The predicted molar refractivity (Wildman–Crippen MR) is 110 cm³/mol. The molecule has 2 aromatic rings. The molecule has 1 N–H and O–H groups in total. The fraction of sp³-hybridized carbons (Fsp3) is 0.455. The highest BCUT2D eigenvalue weighted by Gasteiger charge is 2.34. The van der Waals surface area contributed by atoms with Gasteiger partial charge in [-0.2, -0.15) is 5.26 Å². The van der Waals surface area contributed by atoms with E-state index >= 15 is 0 Å². The van der Waals surface area contributed by atoms with Crippen LogP contribution in [0.25, 0.3) is 0 Å². The van der Waals surface area contributed by atoms with E-state index in [-0.39, 0.29) is 5.91 Å². The number of carbonyl (C=O) groups excluding carboxylic acids is 1. The van der Waals surface area contributed by atoms with E-state index in [1.54, 1.807) is 42.7 Å². The van der Waals surface area contributed by atoms with E-state index in [0.717, 1.165) is 31.2 Å². The molecule has 1 atom stereocenters. The van der Waals surface area contributed by atoms with Crippen LogP contribution in [0.3, 0.4) is 0 Å². The largest absolute Gasteiger partial charge is 0.497 e. The maximum Gasteiger partial charge on any atom is 0.256 e. The molecule has 1 aromatic heterocycles. The number of nitriles is 1. The van der Waals surface area contributed by atoms with E-state index in [0.29, 0.717) is 33.2 Å². The van der Waals surface area contributed by atoms with Gasteiger partial charge in [0.25, 0.3) is 5.91 Å². The number of carbonyl (C=O) groups is 1. The van der Waals surface area contributed by atoms with Gasteiger partial charge in [-0.05, 0) is 60.4 Å². The minimum Gasteiger partial charge on any atom is -0.497 e. The van der Waals surface area contributed by atoms with Gasteiger partial charge in [0.15, 0.2) is 0 Å². The zero-order valence-corrected chi connectivity index (χ0v) is 17.2. The van der Waals surface area contributed by atoms with Crippen LogP contribution < -0.4 is 10.1 Å². The molecule has 1 aromatic carbocycles. The van der Waals surface area contributed by atoms with Crippen molar-refractivity contribution >= 4 is 22.2 Å². The average molecular weight is 383 g/mol. The van der Waals surface area contributed by atoms with Crippen LogP contribution in [0.4, 0.5) is 5.00 Å². The van der Waals surface area contributed by atoms with Crippen molar-refractivity contribution in [2.24, 2.45) is 11.3 Å². The van der Waals surface area contributed by atoms with Crippen LogP contribution in [0.15, 0.2) is 24.3 Å². The van der Waals surface area contributed by atoms with Gasteiger partial charge in [-0.15, -0.1) is 11.3 Å². The Morgan fingerprint density at radius 1 is 1.37 bits per heavy atom. The molecule has 1 amide bonds. The summed E-state index contributed by atoms with van der Waals surface area (Å²) in [7, 11) is 1.59. The summed E-state index contributed by atoms with van der Waals surface area (Å²) in [4.78, 5) is 13.9. The molecule has 5 heteroatoms. The summed E-state index contributed by atoms with van der Waals surface area (Å²) in [5.41, 5.74) is 2.62. The molecular formula is C22H26N2O2S. The number of rotatable bonds is 5. The van der Waals surface area contributed by atoms with Gasteiger partial charge in [0.2, 0.25) is 0 Å². The van der Waals surface area contributed by atoms with Crippen LogP contribution in [0.2, 0.25) is 0 Å². The number of hydrogen-bond donors (Lipinski definition) is 1. The van der Waals surface area contributed by atoms with E-state index < -0.39 is 0 Å². The maximum atomic E-state index is 12.6. The molecule has 0 unspecified atom stereocenters. The predicted octanol–water partition coefficient (Wildman–Crippen LogP) is 5.42. The summed E-state index contributed by atoms with van der Waals surface area (Å²) in [5.74, 6) is 1.13. The molecule has 1 aliphatic carbocycles. The normalized spacial score (nSPS) is 16.3. The molecule has 0 spiro atoms. The molecule has 27 heavy (non-hydrogen) atoms. The van der Waals surface area contributed by atoms with Crippen molar-refractivity contribution in [2.45, 2.75) is 46.5 Å². The third-order valence-electron chi connectivity index (χ3n) is 5.97. The fourth-order valence-corrected chi connectivity index (χ4v) is 4.94. The Kier molecular flexibility index (Phi) is 5.57. The number of anilines is 1. The fourth-order valence-electron chi connectivity index (χ4n) is 3.67. The van der Waals surface area contributed by atoms with Gasteiger partial charge < -0.3 is 10.1 Å². The van der Waals surface area contributed by atoms with E-state index in [4.69, 9.17) is 4.74 Å². The molecule has 0 saturated carbocycles. The van der Waals surface area contributed by atoms with Crippen molar-refractivity contribution < 1.29 is 9.53 Å². The van der Waals surface area contributed by atoms with Crippen LogP contribution >= 0.6 is 11.3 Å². The van der Waals surface area contributed by atoms with Crippen LogP contribution in [-0.4, -0.2) is 13.0 Å². The van der Waals surface area contributed by atoms with Crippen LogP contribution in [0.5, 0.6) is 5.75 Å². The number of thiophene rings is 1. The minimum atomic E-state index is -0.196. The van der Waals surface area contributed by atoms with E-state index in [1.807, 2.05) is 0 Å². The van der Waals surface area contributed by atoms with Crippen molar-refractivity contribution in [1.29, 1.82) is 5.26 Å². The zero-order chi connectivity index (χ0) is 19.6. The molecule has 142 valence electrons. The maximum absolute atomic E-state index is 12.6. The van der Waals surface area contributed by atoms with Crippen LogP contribution in [0, 0.1) is 22.7 Å². The molecule has 1 aliphatic rings. The van der Waals surface area contributed by atoms with E-state index in [9.17, 15) is 10.1 Å². The summed E-state index contributed by atoms with van der Waals surface area (Å²) >= 11 is 1.57. The van der Waals surface area contributed by atoms with E-state index in [2.05, 4.69) is 32.2 Å². The van der Waals surface area contributed by atoms with Crippen molar-refractivity contribution in [3.8, 4) is 11.8 Å². The molecular weight excluding hydrogens is 356 g/mol. The number of methoxy groups -OCH3 is 1. The molecule has 4 nitrogen and oxygen atoms in total. The highest BCUT2D eigenvalue weighted by molar-refractivity contribution is 7.16. The third kappa shape index (κ3) is 3.86. The van der Waals surface area contributed by atoms with Crippen molar-refractivity contribution in [3.63, 3.8) is 0 Å². The molecule has 1 heterocycles. The van der Waals surface area contributed by atoms with Gasteiger partial charge in [-0.1, -0.05) is 27.2 Å². The lowest BCUT2D eigenvalue weighted by Crippen LogP contribution is -2.28. The quantitative estimate of drug-likeness (QED) is 0.751. The van der Waals surface area contributed by atoms with Crippen LogP contribution in [-0.2, 0) is 12.8 Å². The van der Waals surface area contributed by atoms with Crippen molar-refractivity contribution in [3.05, 3.63) is 45.8 Å². The Hall–Kier alpha value is -2.32. The highest BCUT2D eigenvalue weighted by atomic mass is 32.1. The monoisotopic (exact) mass is 382 g/mol. The molecule has 0 fully saturated rings. The Morgan fingerprint density at radius 2 is 2.07 bits per heavy atom. The third-order valence-corrected chi connectivity index (χ3v) is 7.14. The molecule has 0 bridgehead atoms. The topological polar surface area (TPSA) is 62.1 Å². The summed E-state index contributed by atoms with van der Waals surface area (Å²) in [6, 6.07) is 9.30. The van der Waals surface area contributed by atoms with Crippen molar-refractivity contribution in [2.75, 3.05) is 12.4 Å². The Morgan fingerprint density at radius 3 is 2.67 bits per heavy atom. The van der Waals surface area contributed by atoms with Crippen molar-refractivity contribution in [1.82, 2.24) is 0 Å². The molecule has 3 rings (SSSR count). The van der Waals surface area contributed by atoms with Gasteiger partial charge in [0.1, 0.15) is 16.8 Å². The second-order valence-electron chi connectivity index (χ2n) is 7.78. The highest BCUT2D eigenvalue weighted by Crippen LogP contribution is 2.45. The smallest absolute Gasteiger partial charge is 0.256 e. The number of amides is 1. The second-order valence-corrected chi connectivity index (χ2v) is 8.89. The summed E-state index contributed by atoms with van der Waals surface area (Å²) in [6.07, 6.45) is 4.16. The Bertz CT molecular complexity index is 875. The number of hydrogen-bond acceptors (Lipinski definition) is 4. The summed E-state index contributed by atoms with van der Waals surface area (Å²) in [5, 5.41) is 13.3. The lowest BCUT2D eigenvalue weighted by Gasteiger charge is -2.36. The number of nitrogens with one attached hydrogen (secondary N) is 1. The minimum absolute atomic E-state index is 0.196. The standard InChI is InChI=1S/C22H26N2O2S/c1-5-22(2,3)15-8-11-17-18(13-23)21(27-19(17)12-15)24-20(25)14-6-9-16(26-4)10-7-14/h6-7,9-10,15H,5,8,11-12H2,1-4H3,(H,24,25)/t15-/m1/s1. The Balaban J connectivity index is 1.83. The first-order valence-electron chi connectivity index (χ1n) is 9.39. The molecule has 0 aliphatic heterocycles. The second kappa shape index (κ2) is 7.74. The molecule has 0 saturated heterocycles. The van der Waals surface area contributed by atoms with Gasteiger partial charge in [0, 0.05) is 10.4 Å². The van der Waals surface area contributed by atoms with Gasteiger partial charge in [-0.25, -0.2) is 0 Å². The van der Waals surface area contributed by atoms with Crippen LogP contribution in [0.1, 0.15) is 60.0 Å². The molecule has 0 radical (unpaired) electrons. The first-order chi connectivity index (χ1) is 12.9. The summed E-state index contributed by atoms with van der Waals surface area (Å²) in [6.45, 7) is 6.90. The lowest BCUT2D eigenvalue weighted by molar-refractivity contribution is 0.102. The zero-order valence-electron chi connectivity index (χ0n) is 16.4. The summed E-state index contributed by atoms with van der Waals surface area (Å²) < 4.78 is 5.13. The SMILES string of the molecule is CCC(C)(C)[C@@H]1CCc2c(sc(NC(=O)c3ccc(OC)cc3)c2C#N)C1. The van der Waals surface area contributed by atoms with E-state index in [1.165, 1.54) is 4.88 Å². The van der Waals surface area contributed by atoms with Gasteiger partial charge in [-0.3, -0.25) is 4.79 Å². The first-order valence-corrected chi connectivity index (χ1v) is 10.2. The lowest BCUT2D eigenvalue weighted by atomic mass is 9.69. The van der Waals surface area contributed by atoms with Gasteiger partial charge in [0.05, 0.1) is 12.7 Å². The number of benzene rings is 1. The first kappa shape index (κ1) is 19.4. The average Bonchev–Trinajstić information content (AvgIpc) is 3.03.